The lowest BCUT2D eigenvalue weighted by atomic mass is 9.97. The molecule has 2 aliphatic rings. The summed E-state index contributed by atoms with van der Waals surface area (Å²) in [5.41, 5.74) is 4.49. The molecule has 1 spiro atoms. The van der Waals surface area contributed by atoms with Crippen molar-refractivity contribution in [2.75, 3.05) is 25.2 Å². The number of carbonyl (C=O) groups is 1. The molecule has 1 N–H and O–H groups in total. The van der Waals surface area contributed by atoms with Crippen LogP contribution in [0.2, 0.25) is 0 Å². The Labute approximate surface area is 183 Å². The number of hydrogen-bond donors (Lipinski definition) is 1. The number of aromatic nitrogens is 1. The Morgan fingerprint density at radius 2 is 2.19 bits per heavy atom. The van der Waals surface area contributed by atoms with Crippen molar-refractivity contribution in [1.29, 1.82) is 0 Å². The van der Waals surface area contributed by atoms with E-state index in [1.165, 1.54) is 0 Å². The zero-order valence-electron chi connectivity index (χ0n) is 17.0. The first-order valence-electron chi connectivity index (χ1n) is 10.0. The summed E-state index contributed by atoms with van der Waals surface area (Å²) in [5, 5.41) is 9.46. The third-order valence-electron chi connectivity index (χ3n) is 5.80. The van der Waals surface area contributed by atoms with Gasteiger partial charge in [0, 0.05) is 41.0 Å². The van der Waals surface area contributed by atoms with Gasteiger partial charge in [0.05, 0.1) is 31.3 Å². The molecule has 2 saturated heterocycles. The fraction of sp³-hybridized carbons (Fsp3) is 0.304. The maximum Gasteiger partial charge on any atom is 0.335 e. The van der Waals surface area contributed by atoms with E-state index in [1.807, 2.05) is 24.4 Å². The van der Waals surface area contributed by atoms with E-state index in [0.717, 1.165) is 34.0 Å². The number of thiazole rings is 1. The smallest absolute Gasteiger partial charge is 0.335 e. The maximum atomic E-state index is 11.5. The molecule has 2 unspecified atom stereocenters. The molecule has 2 fully saturated rings. The molecule has 160 valence electrons. The minimum atomic E-state index is -0.954. The van der Waals surface area contributed by atoms with Crippen LogP contribution >= 0.6 is 11.3 Å². The summed E-state index contributed by atoms with van der Waals surface area (Å²) in [7, 11) is 1.66. The van der Waals surface area contributed by atoms with Crippen molar-refractivity contribution in [2.24, 2.45) is 0 Å². The number of ether oxygens (including phenoxy) is 3. The quantitative estimate of drug-likeness (QED) is 0.547. The van der Waals surface area contributed by atoms with Crippen LogP contribution in [0.3, 0.4) is 0 Å². The summed E-state index contributed by atoms with van der Waals surface area (Å²) in [6, 6.07) is 13.0. The van der Waals surface area contributed by atoms with Crippen molar-refractivity contribution in [3.05, 3.63) is 70.2 Å². The highest BCUT2D eigenvalue weighted by molar-refractivity contribution is 7.09. The molecule has 0 saturated carbocycles. The molecule has 3 heterocycles. The van der Waals surface area contributed by atoms with Gasteiger partial charge in [0.25, 0.3) is 0 Å². The van der Waals surface area contributed by atoms with E-state index < -0.39 is 5.97 Å². The van der Waals surface area contributed by atoms with Crippen LogP contribution in [0.25, 0.3) is 0 Å². The van der Waals surface area contributed by atoms with Crippen molar-refractivity contribution >= 4 is 28.7 Å². The molecule has 1 aromatic heterocycles. The van der Waals surface area contributed by atoms with E-state index in [2.05, 4.69) is 16.0 Å². The maximum absolute atomic E-state index is 11.5. The highest BCUT2D eigenvalue weighted by Crippen LogP contribution is 2.56. The molecule has 2 atom stereocenters. The minimum absolute atomic E-state index is 0.0690. The summed E-state index contributed by atoms with van der Waals surface area (Å²) < 4.78 is 17.3. The second kappa shape index (κ2) is 7.96. The fourth-order valence-electron chi connectivity index (χ4n) is 4.12. The number of carboxylic acid groups (broad SMARTS) is 1. The number of hydrogen-bond acceptors (Lipinski definition) is 7. The lowest BCUT2D eigenvalue weighted by molar-refractivity contribution is 0.0697. The Kier molecular flexibility index (Phi) is 5.13. The average Bonchev–Trinajstić information content (AvgIpc) is 3.12. The molecule has 3 aromatic rings. The van der Waals surface area contributed by atoms with E-state index in [-0.39, 0.29) is 17.3 Å². The Hall–Kier alpha value is -2.94. The summed E-state index contributed by atoms with van der Waals surface area (Å²) >= 11 is 1.56. The average molecular weight is 439 g/mol. The van der Waals surface area contributed by atoms with Crippen LogP contribution in [0.5, 0.6) is 5.75 Å². The standard InChI is InChI=1S/C23H22N2O5S/c1-28-20-6-5-17(10-19(20)21-23(30-21)7-8-29-13-23)25(12-18-11-24-14-31-18)16-4-2-3-15(9-16)22(26)27/h2-6,9-11,14,21H,7-8,12-13H2,1H3,(H,26,27). The van der Waals surface area contributed by atoms with Gasteiger partial charge in [-0.2, -0.15) is 0 Å². The lowest BCUT2D eigenvalue weighted by Gasteiger charge is -2.26. The highest BCUT2D eigenvalue weighted by atomic mass is 32.1. The molecule has 5 rings (SSSR count). The third-order valence-corrected chi connectivity index (χ3v) is 6.56. The summed E-state index contributed by atoms with van der Waals surface area (Å²) in [5.74, 6) is -0.181. The molecule has 7 nitrogen and oxygen atoms in total. The normalized spacial score (nSPS) is 21.9. The van der Waals surface area contributed by atoms with E-state index in [4.69, 9.17) is 14.2 Å². The predicted octanol–water partition coefficient (Wildman–Crippen LogP) is 4.42. The molecular formula is C23H22N2O5S. The number of aromatic carboxylic acids is 1. The first kappa shape index (κ1) is 20.0. The number of rotatable bonds is 7. The van der Waals surface area contributed by atoms with Gasteiger partial charge in [-0.15, -0.1) is 11.3 Å². The van der Waals surface area contributed by atoms with Crippen LogP contribution < -0.4 is 9.64 Å². The topological polar surface area (TPSA) is 84.4 Å². The molecule has 0 radical (unpaired) electrons. The van der Waals surface area contributed by atoms with Crippen molar-refractivity contribution in [2.45, 2.75) is 24.7 Å². The van der Waals surface area contributed by atoms with Gasteiger partial charge in [-0.1, -0.05) is 6.07 Å². The van der Waals surface area contributed by atoms with Crippen LogP contribution in [0.1, 0.15) is 33.3 Å². The Balaban J connectivity index is 1.55. The van der Waals surface area contributed by atoms with Crippen molar-refractivity contribution in [1.82, 2.24) is 4.98 Å². The van der Waals surface area contributed by atoms with E-state index in [9.17, 15) is 9.90 Å². The van der Waals surface area contributed by atoms with E-state index in [0.29, 0.717) is 19.8 Å². The SMILES string of the molecule is COc1ccc(N(Cc2cncs2)c2cccc(C(=O)O)c2)cc1C1OC12CCOC2. The van der Waals surface area contributed by atoms with Crippen molar-refractivity contribution in [3.63, 3.8) is 0 Å². The molecule has 2 aliphatic heterocycles. The fourth-order valence-corrected chi connectivity index (χ4v) is 4.70. The van der Waals surface area contributed by atoms with Crippen LogP contribution in [0, 0.1) is 0 Å². The molecule has 0 amide bonds. The van der Waals surface area contributed by atoms with Gasteiger partial charge >= 0.3 is 5.97 Å². The predicted molar refractivity (Wildman–Crippen MR) is 116 cm³/mol. The number of methoxy groups -OCH3 is 1. The van der Waals surface area contributed by atoms with Gasteiger partial charge in [0.15, 0.2) is 0 Å². The van der Waals surface area contributed by atoms with Gasteiger partial charge in [-0.3, -0.25) is 4.98 Å². The number of anilines is 2. The Bertz CT molecular complexity index is 1100. The molecule has 8 heteroatoms. The summed E-state index contributed by atoms with van der Waals surface area (Å²) in [6.07, 6.45) is 2.63. The first-order chi connectivity index (χ1) is 15.1. The third kappa shape index (κ3) is 3.78. The van der Waals surface area contributed by atoms with Crippen LogP contribution in [0.15, 0.2) is 54.2 Å². The molecule has 0 aliphatic carbocycles. The largest absolute Gasteiger partial charge is 0.496 e. The zero-order chi connectivity index (χ0) is 21.4. The van der Waals surface area contributed by atoms with Gasteiger partial charge in [-0.25, -0.2) is 4.79 Å². The Morgan fingerprint density at radius 3 is 2.90 bits per heavy atom. The van der Waals surface area contributed by atoms with Crippen LogP contribution in [-0.4, -0.2) is 42.0 Å². The zero-order valence-corrected chi connectivity index (χ0v) is 17.8. The second-order valence-electron chi connectivity index (χ2n) is 7.70. The van der Waals surface area contributed by atoms with Gasteiger partial charge in [-0.05, 0) is 36.4 Å². The molecule has 0 bridgehead atoms. The number of nitrogens with zero attached hydrogens (tertiary/aromatic N) is 2. The second-order valence-corrected chi connectivity index (χ2v) is 8.67. The van der Waals surface area contributed by atoms with E-state index >= 15 is 0 Å². The van der Waals surface area contributed by atoms with E-state index in [1.54, 1.807) is 42.2 Å². The van der Waals surface area contributed by atoms with Gasteiger partial charge in [0.2, 0.25) is 0 Å². The highest BCUT2D eigenvalue weighted by Gasteiger charge is 2.60. The number of benzene rings is 2. The summed E-state index contributed by atoms with van der Waals surface area (Å²) in [6.45, 7) is 1.87. The van der Waals surface area contributed by atoms with Crippen LogP contribution in [0.4, 0.5) is 11.4 Å². The first-order valence-corrected chi connectivity index (χ1v) is 10.9. The monoisotopic (exact) mass is 438 g/mol. The molecule has 2 aromatic carbocycles. The van der Waals surface area contributed by atoms with Gasteiger partial charge in [0.1, 0.15) is 17.5 Å². The van der Waals surface area contributed by atoms with Crippen molar-refractivity contribution in [3.8, 4) is 5.75 Å². The number of carboxylic acids is 1. The van der Waals surface area contributed by atoms with Crippen molar-refractivity contribution < 1.29 is 24.1 Å². The molecular weight excluding hydrogens is 416 g/mol. The molecule has 31 heavy (non-hydrogen) atoms. The Morgan fingerprint density at radius 1 is 1.32 bits per heavy atom. The van der Waals surface area contributed by atoms with Crippen LogP contribution in [-0.2, 0) is 16.0 Å². The minimum Gasteiger partial charge on any atom is -0.496 e. The summed E-state index contributed by atoms with van der Waals surface area (Å²) in [4.78, 5) is 18.9. The lowest BCUT2D eigenvalue weighted by Crippen LogP contribution is -2.17. The number of epoxide rings is 1. The van der Waals surface area contributed by atoms with Gasteiger partial charge < -0.3 is 24.2 Å².